The predicted molar refractivity (Wildman–Crippen MR) is 144 cm³/mol. The standard InChI is InChI=1S/C29H32N4O4/c30-25-3-1-2-4-26(25)33-28(34)21-9-11-22(12-10-21)32-29(35)37-18-19-5-7-20(8-6-19)24-17-27(24)31-23-13-15-36-16-14-23/h1-12,23-24,27,31H,13-18,30H2,(H,32,35)(H,33,34)/t24?,27-/m0/s1. The highest BCUT2D eigenvalue weighted by atomic mass is 16.5. The fraction of sp³-hybridized carbons (Fsp3) is 0.310. The molecule has 8 heteroatoms. The first-order valence-electron chi connectivity index (χ1n) is 12.7. The predicted octanol–water partition coefficient (Wildman–Crippen LogP) is 4.89. The lowest BCUT2D eigenvalue weighted by molar-refractivity contribution is 0.0774. The summed E-state index contributed by atoms with van der Waals surface area (Å²) in [4.78, 5) is 24.7. The number of carbonyl (C=O) groups is 2. The molecule has 0 aromatic heterocycles. The lowest BCUT2D eigenvalue weighted by Crippen LogP contribution is -2.36. The smallest absolute Gasteiger partial charge is 0.411 e. The van der Waals surface area contributed by atoms with Gasteiger partial charge in [-0.1, -0.05) is 36.4 Å². The van der Waals surface area contributed by atoms with E-state index in [2.05, 4.69) is 28.1 Å². The molecule has 0 bridgehead atoms. The van der Waals surface area contributed by atoms with Gasteiger partial charge in [-0.05, 0) is 66.8 Å². The van der Waals surface area contributed by atoms with E-state index in [9.17, 15) is 9.59 Å². The number of benzene rings is 3. The second-order valence-electron chi connectivity index (χ2n) is 9.56. The molecule has 1 aliphatic carbocycles. The Labute approximate surface area is 216 Å². The number of amides is 2. The second-order valence-corrected chi connectivity index (χ2v) is 9.56. The van der Waals surface area contributed by atoms with Crippen molar-refractivity contribution in [2.24, 2.45) is 0 Å². The van der Waals surface area contributed by atoms with Gasteiger partial charge < -0.3 is 25.8 Å². The van der Waals surface area contributed by atoms with Gasteiger partial charge in [-0.3, -0.25) is 10.1 Å². The van der Waals surface area contributed by atoms with Crippen molar-refractivity contribution in [1.29, 1.82) is 0 Å². The lowest BCUT2D eigenvalue weighted by Gasteiger charge is -2.23. The monoisotopic (exact) mass is 500 g/mol. The molecule has 1 heterocycles. The summed E-state index contributed by atoms with van der Waals surface area (Å²) in [5.41, 5.74) is 10.1. The summed E-state index contributed by atoms with van der Waals surface area (Å²) in [6.45, 7) is 1.88. The van der Waals surface area contributed by atoms with Crippen LogP contribution in [0.5, 0.6) is 0 Å². The highest BCUT2D eigenvalue weighted by Crippen LogP contribution is 2.41. The summed E-state index contributed by atoms with van der Waals surface area (Å²) in [6, 6.07) is 23.0. The van der Waals surface area contributed by atoms with E-state index >= 15 is 0 Å². The van der Waals surface area contributed by atoms with Gasteiger partial charge in [0, 0.05) is 42.5 Å². The number of hydrogen-bond donors (Lipinski definition) is 4. The summed E-state index contributed by atoms with van der Waals surface area (Å²) in [7, 11) is 0. The Hall–Kier alpha value is -3.88. The Morgan fingerprint density at radius 2 is 1.65 bits per heavy atom. The fourth-order valence-electron chi connectivity index (χ4n) is 4.59. The van der Waals surface area contributed by atoms with Gasteiger partial charge >= 0.3 is 6.09 Å². The largest absolute Gasteiger partial charge is 0.444 e. The lowest BCUT2D eigenvalue weighted by atomic mass is 10.1. The molecule has 5 rings (SSSR count). The Balaban J connectivity index is 1.05. The molecule has 37 heavy (non-hydrogen) atoms. The Kier molecular flexibility index (Phi) is 7.67. The molecule has 1 saturated heterocycles. The third-order valence-corrected chi connectivity index (χ3v) is 6.84. The summed E-state index contributed by atoms with van der Waals surface area (Å²) < 4.78 is 10.8. The van der Waals surface area contributed by atoms with E-state index in [-0.39, 0.29) is 12.5 Å². The minimum absolute atomic E-state index is 0.180. The van der Waals surface area contributed by atoms with Gasteiger partial charge in [-0.25, -0.2) is 4.79 Å². The quantitative estimate of drug-likeness (QED) is 0.327. The average Bonchev–Trinajstić information content (AvgIpc) is 3.69. The van der Waals surface area contributed by atoms with Gasteiger partial charge in [-0.2, -0.15) is 0 Å². The molecule has 2 aliphatic rings. The van der Waals surface area contributed by atoms with Crippen molar-refractivity contribution in [3.05, 3.63) is 89.5 Å². The molecular formula is C29H32N4O4. The van der Waals surface area contributed by atoms with Gasteiger partial charge in [-0.15, -0.1) is 0 Å². The molecule has 1 aliphatic heterocycles. The topological polar surface area (TPSA) is 115 Å². The van der Waals surface area contributed by atoms with Crippen LogP contribution >= 0.6 is 0 Å². The molecule has 2 atom stereocenters. The maximum absolute atomic E-state index is 12.4. The molecule has 192 valence electrons. The minimum Gasteiger partial charge on any atom is -0.444 e. The molecule has 2 fully saturated rings. The van der Waals surface area contributed by atoms with Crippen LogP contribution in [0.25, 0.3) is 0 Å². The van der Waals surface area contributed by atoms with Crippen LogP contribution < -0.4 is 21.7 Å². The zero-order valence-corrected chi connectivity index (χ0v) is 20.6. The number of nitrogens with two attached hydrogens (primary N) is 1. The first kappa shape index (κ1) is 24.8. The number of carbonyl (C=O) groups excluding carboxylic acids is 2. The number of hydrogen-bond acceptors (Lipinski definition) is 6. The molecule has 5 N–H and O–H groups in total. The SMILES string of the molecule is Nc1ccccc1NC(=O)c1ccc(NC(=O)OCc2ccc(C3C[C@@H]3NC3CCOCC3)cc2)cc1. The maximum atomic E-state index is 12.4. The van der Waals surface area contributed by atoms with Crippen LogP contribution in [-0.4, -0.2) is 37.3 Å². The number of nitrogen functional groups attached to an aromatic ring is 1. The van der Waals surface area contributed by atoms with Crippen molar-refractivity contribution in [3.63, 3.8) is 0 Å². The molecule has 0 spiro atoms. The van der Waals surface area contributed by atoms with Gasteiger partial charge in [0.25, 0.3) is 5.91 Å². The van der Waals surface area contributed by atoms with Crippen LogP contribution in [0.1, 0.15) is 46.7 Å². The average molecular weight is 501 g/mol. The Morgan fingerprint density at radius 1 is 0.919 bits per heavy atom. The molecule has 3 aromatic rings. The third-order valence-electron chi connectivity index (χ3n) is 6.84. The fourth-order valence-corrected chi connectivity index (χ4v) is 4.59. The highest BCUT2D eigenvalue weighted by molar-refractivity contribution is 6.06. The van der Waals surface area contributed by atoms with E-state index in [0.717, 1.165) is 38.0 Å². The highest BCUT2D eigenvalue weighted by Gasteiger charge is 2.39. The minimum atomic E-state index is -0.554. The summed E-state index contributed by atoms with van der Waals surface area (Å²) in [5.74, 6) is 0.267. The maximum Gasteiger partial charge on any atom is 0.411 e. The van der Waals surface area contributed by atoms with E-state index < -0.39 is 6.09 Å². The molecule has 1 saturated carbocycles. The van der Waals surface area contributed by atoms with E-state index in [1.165, 1.54) is 5.56 Å². The first-order valence-corrected chi connectivity index (χ1v) is 12.7. The van der Waals surface area contributed by atoms with Crippen molar-refractivity contribution in [2.45, 2.75) is 43.9 Å². The van der Waals surface area contributed by atoms with Crippen LogP contribution in [0.3, 0.4) is 0 Å². The van der Waals surface area contributed by atoms with Crippen molar-refractivity contribution in [3.8, 4) is 0 Å². The molecule has 8 nitrogen and oxygen atoms in total. The zero-order valence-electron chi connectivity index (χ0n) is 20.6. The zero-order chi connectivity index (χ0) is 25.6. The molecule has 1 unspecified atom stereocenters. The number of nitrogens with one attached hydrogen (secondary N) is 3. The molecule has 2 amide bonds. The summed E-state index contributed by atoms with van der Waals surface area (Å²) in [5, 5.41) is 9.22. The van der Waals surface area contributed by atoms with Crippen LogP contribution in [-0.2, 0) is 16.1 Å². The van der Waals surface area contributed by atoms with Crippen molar-refractivity contribution in [2.75, 3.05) is 29.6 Å². The molecule has 3 aromatic carbocycles. The van der Waals surface area contributed by atoms with Crippen LogP contribution in [0.2, 0.25) is 0 Å². The van der Waals surface area contributed by atoms with E-state index in [1.807, 2.05) is 12.1 Å². The summed E-state index contributed by atoms with van der Waals surface area (Å²) >= 11 is 0. The van der Waals surface area contributed by atoms with Crippen molar-refractivity contribution in [1.82, 2.24) is 5.32 Å². The van der Waals surface area contributed by atoms with Gasteiger partial charge in [0.2, 0.25) is 0 Å². The van der Waals surface area contributed by atoms with Crippen LogP contribution in [0.4, 0.5) is 21.9 Å². The van der Waals surface area contributed by atoms with Crippen molar-refractivity contribution < 1.29 is 19.1 Å². The van der Waals surface area contributed by atoms with Crippen LogP contribution in [0.15, 0.2) is 72.8 Å². The van der Waals surface area contributed by atoms with Crippen molar-refractivity contribution >= 4 is 29.1 Å². The van der Waals surface area contributed by atoms with Gasteiger partial charge in [0.05, 0.1) is 11.4 Å². The van der Waals surface area contributed by atoms with Crippen LogP contribution in [0, 0.1) is 0 Å². The van der Waals surface area contributed by atoms with E-state index in [0.29, 0.717) is 40.6 Å². The Bertz CT molecular complexity index is 1220. The van der Waals surface area contributed by atoms with E-state index in [4.69, 9.17) is 15.2 Å². The second kappa shape index (κ2) is 11.5. The van der Waals surface area contributed by atoms with E-state index in [1.54, 1.807) is 48.5 Å². The normalized spacial score (nSPS) is 19.1. The number of rotatable bonds is 8. The van der Waals surface area contributed by atoms with Gasteiger partial charge in [0.1, 0.15) is 6.61 Å². The molecular weight excluding hydrogens is 468 g/mol. The Morgan fingerprint density at radius 3 is 2.38 bits per heavy atom. The van der Waals surface area contributed by atoms with Gasteiger partial charge in [0.15, 0.2) is 0 Å². The third kappa shape index (κ3) is 6.67. The number of para-hydroxylation sites is 2. The molecule has 0 radical (unpaired) electrons. The first-order chi connectivity index (χ1) is 18.0. The number of ether oxygens (including phenoxy) is 2. The summed E-state index contributed by atoms with van der Waals surface area (Å²) in [6.07, 6.45) is 2.78. The number of anilines is 3.